The van der Waals surface area contributed by atoms with Gasteiger partial charge in [-0.05, 0) is 48.5 Å². The van der Waals surface area contributed by atoms with Crippen molar-refractivity contribution in [1.29, 1.82) is 0 Å². The van der Waals surface area contributed by atoms with E-state index in [4.69, 9.17) is 14.5 Å². The molecule has 6 rings (SSSR count). The van der Waals surface area contributed by atoms with Crippen LogP contribution in [0, 0.1) is 0 Å². The van der Waals surface area contributed by atoms with Crippen molar-refractivity contribution < 1.29 is 14.3 Å². The van der Waals surface area contributed by atoms with Crippen LogP contribution in [0.25, 0.3) is 17.5 Å². The number of piperazine rings is 1. The van der Waals surface area contributed by atoms with Crippen molar-refractivity contribution in [1.82, 2.24) is 29.7 Å². The number of anilines is 2. The molecule has 2 aromatic heterocycles. The standard InChI is InChI=1S/C30H35N7O3/c1-35-8-10-37(11-9-35)29(38)24-18-22-2-3-25(20-23(22)19-24)33-30-32-7-5-27(34-30)28-21-26(4-6-31-28)40-17-14-36-12-15-39-16-13-36/h2-7,19-21H,8-18H2,1H3,(H,32,33,34). The van der Waals surface area contributed by atoms with Gasteiger partial charge in [-0.15, -0.1) is 0 Å². The van der Waals surface area contributed by atoms with Crippen LogP contribution in [-0.4, -0.2) is 108 Å². The summed E-state index contributed by atoms with van der Waals surface area (Å²) in [5.74, 6) is 1.39. The van der Waals surface area contributed by atoms with Crippen LogP contribution in [0.4, 0.5) is 11.6 Å². The number of rotatable bonds is 8. The first-order valence-electron chi connectivity index (χ1n) is 13.9. The highest BCUT2D eigenvalue weighted by molar-refractivity contribution is 6.00. The van der Waals surface area contributed by atoms with Crippen molar-refractivity contribution in [3.63, 3.8) is 0 Å². The van der Waals surface area contributed by atoms with Gasteiger partial charge in [0.15, 0.2) is 0 Å². The molecule has 208 valence electrons. The Morgan fingerprint density at radius 1 is 0.975 bits per heavy atom. The van der Waals surface area contributed by atoms with E-state index >= 15 is 0 Å². The molecule has 0 bridgehead atoms. The van der Waals surface area contributed by atoms with Gasteiger partial charge in [0, 0.05) is 82.0 Å². The van der Waals surface area contributed by atoms with Gasteiger partial charge >= 0.3 is 0 Å². The number of carbonyl (C=O) groups excluding carboxylic acids is 1. The maximum absolute atomic E-state index is 13.1. The Bertz CT molecular complexity index is 1380. The lowest BCUT2D eigenvalue weighted by Gasteiger charge is -2.32. The summed E-state index contributed by atoms with van der Waals surface area (Å²) >= 11 is 0. The number of nitrogens with one attached hydrogen (secondary N) is 1. The van der Waals surface area contributed by atoms with Crippen molar-refractivity contribution >= 4 is 23.6 Å². The van der Waals surface area contributed by atoms with Gasteiger partial charge in [0.05, 0.1) is 24.6 Å². The van der Waals surface area contributed by atoms with Crippen LogP contribution >= 0.6 is 0 Å². The van der Waals surface area contributed by atoms with E-state index in [2.05, 4.69) is 44.3 Å². The smallest absolute Gasteiger partial charge is 0.250 e. The van der Waals surface area contributed by atoms with Crippen LogP contribution in [0.5, 0.6) is 5.75 Å². The van der Waals surface area contributed by atoms with Gasteiger partial charge in [0.1, 0.15) is 12.4 Å². The molecule has 0 saturated carbocycles. The Morgan fingerprint density at radius 2 is 1.80 bits per heavy atom. The molecule has 40 heavy (non-hydrogen) atoms. The molecule has 2 fully saturated rings. The Kier molecular flexibility index (Phi) is 7.99. The van der Waals surface area contributed by atoms with Gasteiger partial charge < -0.3 is 24.6 Å². The zero-order chi connectivity index (χ0) is 27.3. The summed E-state index contributed by atoms with van der Waals surface area (Å²) in [6.45, 7) is 8.31. The van der Waals surface area contributed by atoms with Gasteiger partial charge in [0.2, 0.25) is 11.9 Å². The summed E-state index contributed by atoms with van der Waals surface area (Å²) in [7, 11) is 2.09. The van der Waals surface area contributed by atoms with Crippen LogP contribution in [0.2, 0.25) is 0 Å². The number of nitrogens with zero attached hydrogens (tertiary/aromatic N) is 6. The summed E-state index contributed by atoms with van der Waals surface area (Å²) < 4.78 is 11.4. The first kappa shape index (κ1) is 26.4. The minimum absolute atomic E-state index is 0.148. The van der Waals surface area contributed by atoms with E-state index in [1.807, 2.05) is 35.2 Å². The fraction of sp³-hybridized carbons (Fsp3) is 0.400. The lowest BCUT2D eigenvalue weighted by Crippen LogP contribution is -2.47. The minimum Gasteiger partial charge on any atom is -0.492 e. The molecule has 1 amide bonds. The largest absolute Gasteiger partial charge is 0.492 e. The maximum atomic E-state index is 13.1. The molecular weight excluding hydrogens is 506 g/mol. The van der Waals surface area contributed by atoms with Crippen molar-refractivity contribution in [3.05, 3.63) is 65.5 Å². The fourth-order valence-corrected chi connectivity index (χ4v) is 5.21. The van der Waals surface area contributed by atoms with E-state index in [0.29, 0.717) is 24.7 Å². The zero-order valence-corrected chi connectivity index (χ0v) is 22.9. The molecule has 10 nitrogen and oxygen atoms in total. The zero-order valence-electron chi connectivity index (χ0n) is 22.9. The molecule has 0 radical (unpaired) electrons. The van der Waals surface area contributed by atoms with E-state index in [1.54, 1.807) is 12.4 Å². The highest BCUT2D eigenvalue weighted by atomic mass is 16.5. The first-order chi connectivity index (χ1) is 19.6. The van der Waals surface area contributed by atoms with Crippen molar-refractivity contribution in [2.75, 3.05) is 78.0 Å². The molecule has 1 aromatic carbocycles. The number of ether oxygens (including phenoxy) is 2. The fourth-order valence-electron chi connectivity index (χ4n) is 5.21. The van der Waals surface area contributed by atoms with Crippen LogP contribution in [0.1, 0.15) is 11.1 Å². The number of likely N-dealkylation sites (N-methyl/N-ethyl adjacent to an activating group) is 1. The predicted molar refractivity (Wildman–Crippen MR) is 153 cm³/mol. The second kappa shape index (κ2) is 12.1. The molecule has 4 heterocycles. The number of amides is 1. The number of pyridine rings is 1. The second-order valence-corrected chi connectivity index (χ2v) is 10.4. The summed E-state index contributed by atoms with van der Waals surface area (Å²) in [6, 6.07) is 11.7. The lowest BCUT2D eigenvalue weighted by molar-refractivity contribution is -0.128. The molecule has 1 aliphatic carbocycles. The molecule has 2 saturated heterocycles. The monoisotopic (exact) mass is 541 g/mol. The third-order valence-corrected chi connectivity index (χ3v) is 7.61. The number of morpholine rings is 1. The Hall–Kier alpha value is -3.86. The van der Waals surface area contributed by atoms with Crippen LogP contribution in [-0.2, 0) is 16.0 Å². The van der Waals surface area contributed by atoms with E-state index in [1.165, 1.54) is 0 Å². The molecule has 3 aliphatic rings. The van der Waals surface area contributed by atoms with Crippen LogP contribution in [0.15, 0.2) is 54.4 Å². The SMILES string of the molecule is CN1CCN(C(=O)C2=Cc3cc(Nc4nccc(-c5cc(OCCN6CCOCC6)ccn5)n4)ccc3C2)CC1. The minimum atomic E-state index is 0.148. The van der Waals surface area contributed by atoms with Gasteiger partial charge in [-0.1, -0.05) is 6.07 Å². The van der Waals surface area contributed by atoms with Crippen molar-refractivity contribution in [2.24, 2.45) is 0 Å². The number of carbonyl (C=O) groups is 1. The average Bonchev–Trinajstić information content (AvgIpc) is 3.42. The molecule has 2 aliphatic heterocycles. The molecule has 0 spiro atoms. The number of benzene rings is 1. The van der Waals surface area contributed by atoms with E-state index in [-0.39, 0.29) is 5.91 Å². The summed E-state index contributed by atoms with van der Waals surface area (Å²) in [4.78, 5) is 33.2. The number of fused-ring (bicyclic) bond motifs is 1. The highest BCUT2D eigenvalue weighted by Crippen LogP contribution is 2.30. The van der Waals surface area contributed by atoms with Gasteiger partial charge in [-0.3, -0.25) is 14.7 Å². The lowest BCUT2D eigenvalue weighted by atomic mass is 10.1. The van der Waals surface area contributed by atoms with E-state index < -0.39 is 0 Å². The normalized spacial score (nSPS) is 17.8. The summed E-state index contributed by atoms with van der Waals surface area (Å²) in [5, 5.41) is 3.31. The molecule has 1 N–H and O–H groups in total. The quantitative estimate of drug-likeness (QED) is 0.462. The van der Waals surface area contributed by atoms with Gasteiger partial charge in [-0.25, -0.2) is 9.97 Å². The molecule has 3 aromatic rings. The molecule has 0 unspecified atom stereocenters. The molecular formula is C30H35N7O3. The highest BCUT2D eigenvalue weighted by Gasteiger charge is 2.25. The summed E-state index contributed by atoms with van der Waals surface area (Å²) in [6.07, 6.45) is 6.15. The Balaban J connectivity index is 1.09. The van der Waals surface area contributed by atoms with Gasteiger partial charge in [0.25, 0.3) is 0 Å². The van der Waals surface area contributed by atoms with E-state index in [0.717, 1.165) is 92.9 Å². The van der Waals surface area contributed by atoms with Gasteiger partial charge in [-0.2, -0.15) is 0 Å². The van der Waals surface area contributed by atoms with Crippen molar-refractivity contribution in [3.8, 4) is 17.1 Å². The third-order valence-electron chi connectivity index (χ3n) is 7.61. The topological polar surface area (TPSA) is 96.0 Å². The predicted octanol–water partition coefficient (Wildman–Crippen LogP) is 2.71. The second-order valence-electron chi connectivity index (χ2n) is 10.4. The first-order valence-corrected chi connectivity index (χ1v) is 13.9. The van der Waals surface area contributed by atoms with Crippen molar-refractivity contribution in [2.45, 2.75) is 6.42 Å². The maximum Gasteiger partial charge on any atom is 0.250 e. The average molecular weight is 542 g/mol. The Morgan fingerprint density at radius 3 is 2.65 bits per heavy atom. The summed E-state index contributed by atoms with van der Waals surface area (Å²) in [5.41, 5.74) is 5.37. The number of hydrogen-bond acceptors (Lipinski definition) is 9. The van der Waals surface area contributed by atoms with Crippen LogP contribution in [0.3, 0.4) is 0 Å². The Labute approximate surface area is 234 Å². The molecule has 0 atom stereocenters. The number of aromatic nitrogens is 3. The molecule has 10 heteroatoms. The number of hydrogen-bond donors (Lipinski definition) is 1. The third kappa shape index (κ3) is 6.30. The van der Waals surface area contributed by atoms with Crippen LogP contribution < -0.4 is 10.1 Å². The van der Waals surface area contributed by atoms with E-state index in [9.17, 15) is 4.79 Å².